The highest BCUT2D eigenvalue weighted by Gasteiger charge is 2.66. The Morgan fingerprint density at radius 2 is 1.76 bits per heavy atom. The molecule has 2 aliphatic rings. The molecule has 0 radical (unpaired) electrons. The highest BCUT2D eigenvalue weighted by atomic mass is 16.5. The lowest BCUT2D eigenvalue weighted by Crippen LogP contribution is -2.50. The molecule has 4 rings (SSSR count). The summed E-state index contributed by atoms with van der Waals surface area (Å²) in [6.07, 6.45) is 0.209. The zero-order valence-electron chi connectivity index (χ0n) is 16.6. The number of rotatable bonds is 4. The number of ether oxygens (including phenoxy) is 2. The van der Waals surface area contributed by atoms with Crippen molar-refractivity contribution in [3.05, 3.63) is 59.7 Å². The van der Waals surface area contributed by atoms with Gasteiger partial charge in [0, 0.05) is 17.5 Å². The van der Waals surface area contributed by atoms with Crippen LogP contribution in [0, 0.1) is 11.3 Å². The number of hydrogen-bond donors (Lipinski definition) is 1. The van der Waals surface area contributed by atoms with Gasteiger partial charge in [0.1, 0.15) is 11.5 Å². The Balaban J connectivity index is 1.92. The van der Waals surface area contributed by atoms with E-state index in [2.05, 4.69) is 5.32 Å². The molecule has 0 unspecified atom stereocenters. The molecular weight excluding hydrogens is 370 g/mol. The molecule has 0 aromatic heterocycles. The summed E-state index contributed by atoms with van der Waals surface area (Å²) < 4.78 is 10.3. The van der Waals surface area contributed by atoms with Gasteiger partial charge in [-0.15, -0.1) is 0 Å². The van der Waals surface area contributed by atoms with Crippen LogP contribution in [-0.2, 0) is 19.1 Å². The summed E-state index contributed by atoms with van der Waals surface area (Å²) in [6.45, 7) is 1.53. The number of ketones is 1. The Hall–Kier alpha value is -3.15. The Morgan fingerprint density at radius 3 is 2.38 bits per heavy atom. The third-order valence-electron chi connectivity index (χ3n) is 6.38. The van der Waals surface area contributed by atoms with E-state index in [4.69, 9.17) is 9.47 Å². The van der Waals surface area contributed by atoms with Crippen LogP contribution in [0.25, 0.3) is 0 Å². The van der Waals surface area contributed by atoms with Crippen molar-refractivity contribution in [1.29, 1.82) is 0 Å². The monoisotopic (exact) mass is 393 g/mol. The van der Waals surface area contributed by atoms with Crippen LogP contribution in [0.2, 0.25) is 0 Å². The number of amides is 1. The topological polar surface area (TPSA) is 81.7 Å². The van der Waals surface area contributed by atoms with Crippen molar-refractivity contribution < 1.29 is 23.9 Å². The number of carbonyl (C=O) groups is 3. The highest BCUT2D eigenvalue weighted by molar-refractivity contribution is 6.13. The minimum absolute atomic E-state index is 0.0499. The number of methoxy groups -OCH3 is 2. The third kappa shape index (κ3) is 2.74. The predicted octanol–water partition coefficient (Wildman–Crippen LogP) is 3.28. The fourth-order valence-corrected chi connectivity index (χ4v) is 5.13. The summed E-state index contributed by atoms with van der Waals surface area (Å²) in [6, 6.07) is 14.8. The van der Waals surface area contributed by atoms with Gasteiger partial charge in [-0.05, 0) is 48.6 Å². The van der Waals surface area contributed by atoms with Crippen LogP contribution < -0.4 is 10.1 Å². The summed E-state index contributed by atoms with van der Waals surface area (Å²) >= 11 is 0. The normalized spacial score (nSPS) is 27.4. The van der Waals surface area contributed by atoms with Gasteiger partial charge < -0.3 is 14.8 Å². The Morgan fingerprint density at radius 1 is 1.07 bits per heavy atom. The van der Waals surface area contributed by atoms with Crippen molar-refractivity contribution in [2.45, 2.75) is 25.2 Å². The quantitative estimate of drug-likeness (QED) is 0.637. The molecule has 2 aromatic carbocycles. The molecule has 1 heterocycles. The fraction of sp³-hybridized carbons (Fsp3) is 0.348. The van der Waals surface area contributed by atoms with Crippen LogP contribution in [0.5, 0.6) is 5.75 Å². The zero-order valence-corrected chi connectivity index (χ0v) is 16.6. The summed E-state index contributed by atoms with van der Waals surface area (Å²) in [5, 5.41) is 2.87. The van der Waals surface area contributed by atoms with Crippen LogP contribution in [0.1, 0.15) is 36.3 Å². The molecule has 6 heteroatoms. The lowest BCUT2D eigenvalue weighted by molar-refractivity contribution is -0.158. The number of anilines is 1. The van der Waals surface area contributed by atoms with Gasteiger partial charge in [-0.3, -0.25) is 14.4 Å². The van der Waals surface area contributed by atoms with Gasteiger partial charge in [-0.25, -0.2) is 0 Å². The van der Waals surface area contributed by atoms with Gasteiger partial charge in [0.2, 0.25) is 5.91 Å². The molecule has 6 nitrogen and oxygen atoms in total. The van der Waals surface area contributed by atoms with Crippen molar-refractivity contribution in [2.24, 2.45) is 11.3 Å². The maximum absolute atomic E-state index is 13.3. The number of para-hydroxylation sites is 1. The van der Waals surface area contributed by atoms with Crippen molar-refractivity contribution in [2.75, 3.05) is 19.5 Å². The number of carbonyl (C=O) groups excluding carboxylic acids is 3. The zero-order chi connectivity index (χ0) is 20.8. The van der Waals surface area contributed by atoms with E-state index in [1.807, 2.05) is 42.5 Å². The van der Waals surface area contributed by atoms with Gasteiger partial charge in [0.25, 0.3) is 0 Å². The first-order chi connectivity index (χ1) is 13.9. The van der Waals surface area contributed by atoms with E-state index < -0.39 is 29.1 Å². The number of Topliss-reactive ketones (excluding diaryl/α,β-unsaturated/α-hetero) is 1. The van der Waals surface area contributed by atoms with E-state index in [1.54, 1.807) is 13.2 Å². The first kappa shape index (κ1) is 19.2. The van der Waals surface area contributed by atoms with E-state index in [-0.39, 0.29) is 18.1 Å². The maximum atomic E-state index is 13.3. The first-order valence-corrected chi connectivity index (χ1v) is 9.57. The van der Waals surface area contributed by atoms with Gasteiger partial charge in [0.05, 0.1) is 14.2 Å². The number of fused-ring (bicyclic) bond motifs is 3. The maximum Gasteiger partial charge on any atom is 0.322 e. The molecule has 1 aliphatic heterocycles. The Labute approximate surface area is 169 Å². The standard InChI is InChI=1S/C23H23NO5/c1-13(25)19-17(14-8-10-15(28-2)11-9-14)12-23(22(27)29-3)20(19)16-6-4-5-7-18(16)24-21(23)26/h4-11,17,19-20H,12H2,1-3H3,(H,24,26)/t17-,19+,20-,23-/m1/s1. The summed E-state index contributed by atoms with van der Waals surface area (Å²) in [5.74, 6) is -1.74. The molecule has 0 bridgehead atoms. The van der Waals surface area contributed by atoms with Gasteiger partial charge in [0.15, 0.2) is 5.41 Å². The van der Waals surface area contributed by atoms with Crippen molar-refractivity contribution in [3.8, 4) is 5.75 Å². The molecule has 4 atom stereocenters. The van der Waals surface area contributed by atoms with Crippen molar-refractivity contribution in [3.63, 3.8) is 0 Å². The molecule has 0 saturated heterocycles. The van der Waals surface area contributed by atoms with Crippen LogP contribution in [0.4, 0.5) is 5.69 Å². The predicted molar refractivity (Wildman–Crippen MR) is 107 cm³/mol. The number of hydrogen-bond acceptors (Lipinski definition) is 5. The summed E-state index contributed by atoms with van der Waals surface area (Å²) in [5.41, 5.74) is 0.899. The molecular formula is C23H23NO5. The van der Waals surface area contributed by atoms with Crippen LogP contribution >= 0.6 is 0 Å². The van der Waals surface area contributed by atoms with Crippen molar-refractivity contribution >= 4 is 23.3 Å². The second-order valence-electron chi connectivity index (χ2n) is 7.70. The van der Waals surface area contributed by atoms with Crippen LogP contribution in [0.15, 0.2) is 48.5 Å². The van der Waals surface area contributed by atoms with Crippen LogP contribution in [0.3, 0.4) is 0 Å². The molecule has 1 N–H and O–H groups in total. The lowest BCUT2D eigenvalue weighted by Gasteiger charge is -2.38. The molecule has 0 spiro atoms. The molecule has 1 aliphatic carbocycles. The first-order valence-electron chi connectivity index (χ1n) is 9.57. The molecule has 1 fully saturated rings. The Bertz CT molecular complexity index is 983. The summed E-state index contributed by atoms with van der Waals surface area (Å²) in [4.78, 5) is 39.2. The van der Waals surface area contributed by atoms with Crippen LogP contribution in [-0.4, -0.2) is 31.9 Å². The van der Waals surface area contributed by atoms with E-state index in [0.717, 1.165) is 11.1 Å². The third-order valence-corrected chi connectivity index (χ3v) is 6.38. The molecule has 29 heavy (non-hydrogen) atoms. The average molecular weight is 393 g/mol. The molecule has 1 saturated carbocycles. The second-order valence-corrected chi connectivity index (χ2v) is 7.70. The lowest BCUT2D eigenvalue weighted by atomic mass is 9.67. The number of esters is 1. The number of benzene rings is 2. The highest BCUT2D eigenvalue weighted by Crippen LogP contribution is 2.62. The van der Waals surface area contributed by atoms with Crippen molar-refractivity contribution in [1.82, 2.24) is 0 Å². The smallest absolute Gasteiger partial charge is 0.322 e. The van der Waals surface area contributed by atoms with Gasteiger partial charge in [-0.1, -0.05) is 30.3 Å². The minimum Gasteiger partial charge on any atom is -0.497 e. The number of nitrogens with one attached hydrogen (secondary N) is 1. The van der Waals surface area contributed by atoms with Gasteiger partial charge >= 0.3 is 5.97 Å². The molecule has 150 valence electrons. The Kier molecular flexibility index (Phi) is 4.65. The molecule has 2 aromatic rings. The van der Waals surface area contributed by atoms with E-state index in [9.17, 15) is 14.4 Å². The fourth-order valence-electron chi connectivity index (χ4n) is 5.13. The largest absolute Gasteiger partial charge is 0.497 e. The molecule has 1 amide bonds. The summed E-state index contributed by atoms with van der Waals surface area (Å²) in [7, 11) is 2.87. The van der Waals surface area contributed by atoms with Gasteiger partial charge in [-0.2, -0.15) is 0 Å². The van der Waals surface area contributed by atoms with E-state index in [0.29, 0.717) is 11.4 Å². The SMILES string of the molecule is COC(=O)[C@]12C[C@H](c3ccc(OC)cc3)[C@H](C(C)=O)[C@H]1c1ccccc1NC2=O. The average Bonchev–Trinajstić information content (AvgIpc) is 3.12. The van der Waals surface area contributed by atoms with E-state index >= 15 is 0 Å². The second kappa shape index (κ2) is 7.03. The minimum atomic E-state index is -1.44. The van der Waals surface area contributed by atoms with E-state index in [1.165, 1.54) is 14.0 Å².